The van der Waals surface area contributed by atoms with E-state index in [4.69, 9.17) is 0 Å². The first kappa shape index (κ1) is 9.68. The van der Waals surface area contributed by atoms with Crippen molar-refractivity contribution in [2.75, 3.05) is 0 Å². The molecular weight excluding hydrogens is 196 g/mol. The second kappa shape index (κ2) is 2.38. The van der Waals surface area contributed by atoms with E-state index in [1.54, 1.807) is 0 Å². The maximum Gasteiger partial charge on any atom is 0.490 e. The molecule has 0 saturated heterocycles. The van der Waals surface area contributed by atoms with Crippen LogP contribution >= 0.6 is 0 Å². The maximum absolute atomic E-state index is 11.3. The van der Waals surface area contributed by atoms with Gasteiger partial charge >= 0.3 is 20.8 Å². The first-order valence-corrected chi connectivity index (χ1v) is 4.35. The van der Waals surface area contributed by atoms with Crippen LogP contribution in [0.4, 0.5) is 7.77 Å². The summed E-state index contributed by atoms with van der Waals surface area (Å²) in [6.07, 6.45) is 0. The third-order valence-corrected chi connectivity index (χ3v) is 2.39. The van der Waals surface area contributed by atoms with Crippen LogP contribution in [-0.4, -0.2) is 16.8 Å². The highest BCUT2D eigenvalue weighted by Gasteiger charge is 2.30. The lowest BCUT2D eigenvalue weighted by atomic mass is 13.5. The minimum atomic E-state index is -5.96. The number of hydrogen-bond donors (Lipinski definition) is 1. The van der Waals surface area contributed by atoms with E-state index >= 15 is 0 Å². The Morgan fingerprint density at radius 1 is 1.00 bits per heavy atom. The number of rotatable bonds is 2. The molecule has 0 aliphatic rings. The Morgan fingerprint density at radius 2 is 1.20 bits per heavy atom. The summed E-state index contributed by atoms with van der Waals surface area (Å²) in [7, 11) is -11.9. The molecule has 0 aliphatic carbocycles. The first-order valence-electron chi connectivity index (χ1n) is 1.59. The van der Waals surface area contributed by atoms with Crippen molar-refractivity contribution < 1.29 is 28.5 Å². The van der Waals surface area contributed by atoms with Gasteiger partial charge in [-0.1, -0.05) is 7.77 Å². The van der Waals surface area contributed by atoms with E-state index in [1.165, 1.54) is 0 Å². The third kappa shape index (κ3) is 2.51. The highest BCUT2D eigenvalue weighted by atomic mass is 32.3. The third-order valence-electron chi connectivity index (χ3n) is 0.398. The number of hydrogen-bond acceptors (Lipinski definition) is 5. The van der Waals surface area contributed by atoms with Gasteiger partial charge in [-0.05, 0) is 0 Å². The Morgan fingerprint density at radius 3 is 1.20 bits per heavy atom. The lowest BCUT2D eigenvalue weighted by Crippen LogP contribution is -3.09. The van der Waals surface area contributed by atoms with Crippen LogP contribution in [0.5, 0.6) is 0 Å². The van der Waals surface area contributed by atoms with Crippen molar-refractivity contribution in [3.05, 3.63) is 5.21 Å². The quantitative estimate of drug-likeness (QED) is 0.400. The lowest BCUT2D eigenvalue weighted by Gasteiger charge is -2.07. The van der Waals surface area contributed by atoms with E-state index in [0.717, 1.165) is 0 Å². The van der Waals surface area contributed by atoms with Crippen molar-refractivity contribution in [2.45, 2.75) is 0 Å². The van der Waals surface area contributed by atoms with Gasteiger partial charge in [-0.2, -0.15) is 0 Å². The van der Waals surface area contributed by atoms with Crippen molar-refractivity contribution >= 4 is 20.8 Å². The molecule has 0 aromatic carbocycles. The molecule has 10 heteroatoms. The van der Waals surface area contributed by atoms with Gasteiger partial charge in [-0.3, -0.25) is 0 Å². The summed E-state index contributed by atoms with van der Waals surface area (Å²) < 4.78 is 56.9. The molecule has 0 rings (SSSR count). The van der Waals surface area contributed by atoms with Crippen molar-refractivity contribution in [1.29, 1.82) is 0 Å². The van der Waals surface area contributed by atoms with E-state index in [1.807, 2.05) is 0 Å². The van der Waals surface area contributed by atoms with Crippen LogP contribution in [0.15, 0.2) is 0 Å². The van der Waals surface area contributed by atoms with Crippen LogP contribution in [0, 0.1) is 5.21 Å². The second-order valence-corrected chi connectivity index (χ2v) is 3.88. The summed E-state index contributed by atoms with van der Waals surface area (Å²) in [6, 6.07) is 0. The standard InChI is InChI=1S/F2HNO5S2/c1-9(5,6)3(4)10(2,7)8/h3H. The van der Waals surface area contributed by atoms with Gasteiger partial charge in [0.15, 0.2) is 0 Å². The van der Waals surface area contributed by atoms with Gasteiger partial charge in [0.2, 0.25) is 0 Å². The molecule has 62 valence electrons. The molecule has 0 amide bonds. The van der Waals surface area contributed by atoms with Crippen LogP contribution in [-0.2, 0) is 20.8 Å². The summed E-state index contributed by atoms with van der Waals surface area (Å²) in [5, 5.41) is 9.56. The van der Waals surface area contributed by atoms with Gasteiger partial charge in [0, 0.05) is 0 Å². The van der Waals surface area contributed by atoms with Crippen molar-refractivity contribution in [1.82, 2.24) is 0 Å². The van der Waals surface area contributed by atoms with E-state index in [9.17, 15) is 29.8 Å². The zero-order valence-electron chi connectivity index (χ0n) is 4.11. The molecule has 0 unspecified atom stereocenters. The largest absolute Gasteiger partial charge is 0.598 e. The molecule has 0 spiro atoms. The highest BCUT2D eigenvalue weighted by Crippen LogP contribution is 1.81. The van der Waals surface area contributed by atoms with Crippen molar-refractivity contribution in [3.63, 3.8) is 0 Å². The predicted molar refractivity (Wildman–Crippen MR) is 24.4 cm³/mol. The summed E-state index contributed by atoms with van der Waals surface area (Å²) >= 11 is 0. The predicted octanol–water partition coefficient (Wildman–Crippen LogP) is -2.20. The molecule has 0 heterocycles. The fraction of sp³-hybridized carbons (Fsp3) is 0. The topological polar surface area (TPSA) is 95.8 Å². The zero-order chi connectivity index (χ0) is 8.58. The molecule has 0 radical (unpaired) electrons. The minimum absolute atomic E-state index is 3.07. The fourth-order valence-electron chi connectivity index (χ4n) is 0.119. The maximum atomic E-state index is 11.3. The van der Waals surface area contributed by atoms with E-state index in [0.29, 0.717) is 0 Å². The molecule has 0 atom stereocenters. The first-order chi connectivity index (χ1) is 4.15. The Hall–Kier alpha value is -0.320. The average molecular weight is 197 g/mol. The Balaban J connectivity index is 4.94. The summed E-state index contributed by atoms with van der Waals surface area (Å²) in [6.45, 7) is 0. The van der Waals surface area contributed by atoms with Crippen molar-refractivity contribution in [2.24, 2.45) is 0 Å². The molecule has 6 nitrogen and oxygen atoms in total. The number of nitrogens with one attached hydrogen (secondary N) is 1. The van der Waals surface area contributed by atoms with Crippen LogP contribution in [0.25, 0.3) is 0 Å². The SMILES string of the molecule is O=S(=O)(F)[NH+]([O-])S(=O)(=O)F. The molecule has 0 aromatic heterocycles. The van der Waals surface area contributed by atoms with E-state index in [2.05, 4.69) is 0 Å². The van der Waals surface area contributed by atoms with Gasteiger partial charge in [-0.15, -0.1) is 20.7 Å². The van der Waals surface area contributed by atoms with Crippen LogP contribution in [0.2, 0.25) is 0 Å². The Bertz CT molecular complexity index is 267. The molecule has 0 aliphatic heterocycles. The van der Waals surface area contributed by atoms with Gasteiger partial charge in [-0.25, -0.2) is 0 Å². The molecule has 10 heavy (non-hydrogen) atoms. The number of quaternary nitrogens is 1. The van der Waals surface area contributed by atoms with Crippen LogP contribution < -0.4 is 3.87 Å². The zero-order valence-corrected chi connectivity index (χ0v) is 5.75. The summed E-state index contributed by atoms with van der Waals surface area (Å²) in [5.41, 5.74) is 0. The van der Waals surface area contributed by atoms with Gasteiger partial charge in [0.1, 0.15) is 0 Å². The monoisotopic (exact) mass is 197 g/mol. The number of halogens is 2. The Labute approximate surface area is 55.3 Å². The van der Waals surface area contributed by atoms with Gasteiger partial charge in [0.05, 0.1) is 0 Å². The molecule has 0 bridgehead atoms. The molecular formula is HF2NO5S2. The van der Waals surface area contributed by atoms with Crippen LogP contribution in [0.3, 0.4) is 0 Å². The van der Waals surface area contributed by atoms with E-state index in [-0.39, 0.29) is 0 Å². The van der Waals surface area contributed by atoms with Gasteiger partial charge < -0.3 is 5.21 Å². The molecule has 1 N–H and O–H groups in total. The minimum Gasteiger partial charge on any atom is -0.598 e. The summed E-state index contributed by atoms with van der Waals surface area (Å²) in [5.74, 6) is 0. The molecule has 0 fully saturated rings. The molecule has 0 aromatic rings. The van der Waals surface area contributed by atoms with E-state index < -0.39 is 24.7 Å². The average Bonchev–Trinajstić information content (AvgIpc) is 1.59. The van der Waals surface area contributed by atoms with Gasteiger partial charge in [0.25, 0.3) is 0 Å². The smallest absolute Gasteiger partial charge is 0.490 e. The molecule has 0 saturated carbocycles. The Kier molecular flexibility index (Phi) is 2.30. The normalized spacial score (nSPS) is 14.0. The van der Waals surface area contributed by atoms with Crippen molar-refractivity contribution in [3.8, 4) is 0 Å². The fourth-order valence-corrected chi connectivity index (χ4v) is 1.07. The second-order valence-electron chi connectivity index (χ2n) is 1.13. The summed E-state index contributed by atoms with van der Waals surface area (Å²) in [4.78, 5) is 0. The van der Waals surface area contributed by atoms with Crippen LogP contribution in [0.1, 0.15) is 0 Å². The lowest BCUT2D eigenvalue weighted by molar-refractivity contribution is -0.558. The highest BCUT2D eigenvalue weighted by molar-refractivity contribution is 7.91.